The summed E-state index contributed by atoms with van der Waals surface area (Å²) in [6, 6.07) is 8.88. The molecule has 0 unspecified atom stereocenters. The molecule has 1 aliphatic rings. The van der Waals surface area contributed by atoms with Crippen LogP contribution in [-0.2, 0) is 9.59 Å². The van der Waals surface area contributed by atoms with E-state index in [1.54, 1.807) is 0 Å². The van der Waals surface area contributed by atoms with Crippen LogP contribution in [0.5, 0.6) is 5.75 Å². The lowest BCUT2D eigenvalue weighted by molar-refractivity contribution is -0.130. The van der Waals surface area contributed by atoms with E-state index in [1.165, 1.54) is 11.8 Å². The number of para-hydroxylation sites is 1. The van der Waals surface area contributed by atoms with Crippen molar-refractivity contribution >= 4 is 22.8 Å². The minimum Gasteiger partial charge on any atom is -0.481 e. The van der Waals surface area contributed by atoms with E-state index in [4.69, 9.17) is 4.74 Å². The SMILES string of the molecule is CC[C@@H](Oc1ccccc1)C(=O)N[C@@H]1CCSC1=O. The first-order valence-electron chi connectivity index (χ1n) is 6.39. The Kier molecular flexibility index (Phi) is 4.85. The average Bonchev–Trinajstić information content (AvgIpc) is 2.82. The molecule has 0 aromatic heterocycles. The van der Waals surface area contributed by atoms with Gasteiger partial charge in [-0.3, -0.25) is 9.59 Å². The molecule has 4 nitrogen and oxygen atoms in total. The summed E-state index contributed by atoms with van der Waals surface area (Å²) in [5.74, 6) is 1.23. The van der Waals surface area contributed by atoms with E-state index in [1.807, 2.05) is 37.3 Å². The molecule has 5 heteroatoms. The molecule has 1 N–H and O–H groups in total. The molecule has 1 saturated heterocycles. The molecular formula is C14H17NO3S. The van der Waals surface area contributed by atoms with Crippen LogP contribution < -0.4 is 10.1 Å². The van der Waals surface area contributed by atoms with E-state index in [0.717, 1.165) is 5.75 Å². The lowest BCUT2D eigenvalue weighted by Gasteiger charge is -2.19. The van der Waals surface area contributed by atoms with Crippen LogP contribution in [0.25, 0.3) is 0 Å². The first kappa shape index (κ1) is 13.9. The Morgan fingerprint density at radius 1 is 1.47 bits per heavy atom. The van der Waals surface area contributed by atoms with E-state index in [0.29, 0.717) is 18.6 Å². The quantitative estimate of drug-likeness (QED) is 0.895. The molecule has 102 valence electrons. The Balaban J connectivity index is 1.93. The molecular weight excluding hydrogens is 262 g/mol. The predicted molar refractivity (Wildman–Crippen MR) is 75.2 cm³/mol. The lowest BCUT2D eigenvalue weighted by Crippen LogP contribution is -2.45. The van der Waals surface area contributed by atoms with E-state index in [2.05, 4.69) is 5.32 Å². The number of amides is 1. The van der Waals surface area contributed by atoms with Gasteiger partial charge in [0.2, 0.25) is 5.12 Å². The lowest BCUT2D eigenvalue weighted by atomic mass is 10.2. The maximum Gasteiger partial charge on any atom is 0.261 e. The van der Waals surface area contributed by atoms with Gasteiger partial charge in [-0.25, -0.2) is 0 Å². The molecule has 1 heterocycles. The highest BCUT2D eigenvalue weighted by atomic mass is 32.2. The number of nitrogens with one attached hydrogen (secondary N) is 1. The predicted octanol–water partition coefficient (Wildman–Crippen LogP) is 1.99. The standard InChI is InChI=1S/C14H17NO3S/c1-2-12(18-10-6-4-3-5-7-10)13(16)15-11-8-9-19-14(11)17/h3-7,11-12H,2,8-9H2,1H3,(H,15,16)/t11-,12-/m1/s1. The molecule has 0 spiro atoms. The number of benzene rings is 1. The van der Waals surface area contributed by atoms with Crippen molar-refractivity contribution in [3.63, 3.8) is 0 Å². The smallest absolute Gasteiger partial charge is 0.261 e. The zero-order valence-electron chi connectivity index (χ0n) is 10.8. The van der Waals surface area contributed by atoms with Crippen LogP contribution in [0.15, 0.2) is 30.3 Å². The van der Waals surface area contributed by atoms with Gasteiger partial charge >= 0.3 is 0 Å². The second-order valence-corrected chi connectivity index (χ2v) is 5.44. The average molecular weight is 279 g/mol. The highest BCUT2D eigenvalue weighted by Gasteiger charge is 2.29. The van der Waals surface area contributed by atoms with Crippen LogP contribution in [0.4, 0.5) is 0 Å². The summed E-state index contributed by atoms with van der Waals surface area (Å²) in [5.41, 5.74) is 0. The molecule has 0 saturated carbocycles. The van der Waals surface area contributed by atoms with Crippen LogP contribution in [0.2, 0.25) is 0 Å². The number of hydrogen-bond donors (Lipinski definition) is 1. The first-order chi connectivity index (χ1) is 9.20. The highest BCUT2D eigenvalue weighted by Crippen LogP contribution is 2.20. The Morgan fingerprint density at radius 2 is 2.21 bits per heavy atom. The molecule has 1 fully saturated rings. The van der Waals surface area contributed by atoms with Crippen LogP contribution >= 0.6 is 11.8 Å². The molecule has 1 aromatic rings. The van der Waals surface area contributed by atoms with Crippen molar-refractivity contribution in [2.45, 2.75) is 31.9 Å². The van der Waals surface area contributed by atoms with Gasteiger partial charge in [0.25, 0.3) is 5.91 Å². The van der Waals surface area contributed by atoms with Crippen molar-refractivity contribution in [2.75, 3.05) is 5.75 Å². The number of thioether (sulfide) groups is 1. The van der Waals surface area contributed by atoms with E-state index in [9.17, 15) is 9.59 Å². The van der Waals surface area contributed by atoms with Crippen molar-refractivity contribution in [1.82, 2.24) is 5.32 Å². The molecule has 0 aliphatic carbocycles. The molecule has 1 aliphatic heterocycles. The molecule has 0 bridgehead atoms. The van der Waals surface area contributed by atoms with Gasteiger partial charge in [-0.15, -0.1) is 0 Å². The summed E-state index contributed by atoms with van der Waals surface area (Å²) in [6.07, 6.45) is 0.715. The summed E-state index contributed by atoms with van der Waals surface area (Å²) in [4.78, 5) is 23.6. The topological polar surface area (TPSA) is 55.4 Å². The molecule has 1 amide bonds. The van der Waals surface area contributed by atoms with Gasteiger partial charge in [0.15, 0.2) is 6.10 Å². The minimum atomic E-state index is -0.555. The van der Waals surface area contributed by atoms with Crippen molar-refractivity contribution in [3.8, 4) is 5.75 Å². The van der Waals surface area contributed by atoms with Crippen molar-refractivity contribution in [3.05, 3.63) is 30.3 Å². The third-order valence-corrected chi connectivity index (χ3v) is 3.95. The summed E-state index contributed by atoms with van der Waals surface area (Å²) in [6.45, 7) is 1.89. The Hall–Kier alpha value is -1.49. The zero-order chi connectivity index (χ0) is 13.7. The van der Waals surface area contributed by atoms with Gasteiger partial charge in [-0.2, -0.15) is 0 Å². The first-order valence-corrected chi connectivity index (χ1v) is 7.38. The Labute approximate surface area is 116 Å². The molecule has 19 heavy (non-hydrogen) atoms. The fraction of sp³-hybridized carbons (Fsp3) is 0.429. The van der Waals surface area contributed by atoms with Crippen molar-refractivity contribution in [1.29, 1.82) is 0 Å². The van der Waals surface area contributed by atoms with Gasteiger partial charge in [0.1, 0.15) is 5.75 Å². The van der Waals surface area contributed by atoms with Crippen LogP contribution in [-0.4, -0.2) is 28.9 Å². The van der Waals surface area contributed by atoms with Crippen molar-refractivity contribution < 1.29 is 14.3 Å². The number of carbonyl (C=O) groups excluding carboxylic acids is 2. The monoisotopic (exact) mass is 279 g/mol. The molecule has 1 aromatic carbocycles. The van der Waals surface area contributed by atoms with Crippen LogP contribution in [0.1, 0.15) is 19.8 Å². The second kappa shape index (κ2) is 6.61. The third kappa shape index (κ3) is 3.73. The summed E-state index contributed by atoms with van der Waals surface area (Å²) in [5, 5.41) is 2.81. The van der Waals surface area contributed by atoms with E-state index >= 15 is 0 Å². The molecule has 2 rings (SSSR count). The number of hydrogen-bond acceptors (Lipinski definition) is 4. The fourth-order valence-corrected chi connectivity index (χ4v) is 2.81. The number of carbonyl (C=O) groups is 2. The van der Waals surface area contributed by atoms with Crippen LogP contribution in [0, 0.1) is 0 Å². The second-order valence-electron chi connectivity index (χ2n) is 4.35. The summed E-state index contributed by atoms with van der Waals surface area (Å²) >= 11 is 1.28. The number of rotatable bonds is 5. The summed E-state index contributed by atoms with van der Waals surface area (Å²) in [7, 11) is 0. The molecule has 2 atom stereocenters. The zero-order valence-corrected chi connectivity index (χ0v) is 11.6. The highest BCUT2D eigenvalue weighted by molar-refractivity contribution is 8.14. The van der Waals surface area contributed by atoms with Gasteiger partial charge in [0.05, 0.1) is 6.04 Å². The normalized spacial score (nSPS) is 20.1. The van der Waals surface area contributed by atoms with Gasteiger partial charge in [0, 0.05) is 5.75 Å². The van der Waals surface area contributed by atoms with Crippen LogP contribution in [0.3, 0.4) is 0 Å². The maximum atomic E-state index is 12.1. The van der Waals surface area contributed by atoms with Gasteiger partial charge in [-0.1, -0.05) is 36.9 Å². The number of ether oxygens (including phenoxy) is 1. The van der Waals surface area contributed by atoms with E-state index < -0.39 is 6.10 Å². The Bertz CT molecular complexity index is 449. The largest absolute Gasteiger partial charge is 0.481 e. The minimum absolute atomic E-state index is 0.0444. The van der Waals surface area contributed by atoms with Gasteiger partial charge in [-0.05, 0) is 25.0 Å². The van der Waals surface area contributed by atoms with Crippen molar-refractivity contribution in [2.24, 2.45) is 0 Å². The maximum absolute atomic E-state index is 12.1. The third-order valence-electron chi connectivity index (χ3n) is 2.94. The molecule has 0 radical (unpaired) electrons. The van der Waals surface area contributed by atoms with Gasteiger partial charge < -0.3 is 10.1 Å². The summed E-state index contributed by atoms with van der Waals surface area (Å²) < 4.78 is 5.64. The Morgan fingerprint density at radius 3 is 2.79 bits per heavy atom. The fourth-order valence-electron chi connectivity index (χ4n) is 1.88. The van der Waals surface area contributed by atoms with E-state index in [-0.39, 0.29) is 17.1 Å².